The number of fused-ring (bicyclic) bond motifs is 1. The van der Waals surface area contributed by atoms with E-state index in [1.807, 2.05) is 0 Å². The third-order valence-corrected chi connectivity index (χ3v) is 2.84. The van der Waals surface area contributed by atoms with Crippen molar-refractivity contribution in [1.29, 1.82) is 0 Å². The first-order valence-electron chi connectivity index (χ1n) is 5.44. The normalized spacial score (nSPS) is 17.5. The molecule has 1 N–H and O–H groups in total. The first-order valence-corrected chi connectivity index (χ1v) is 5.82. The van der Waals surface area contributed by atoms with E-state index >= 15 is 0 Å². The number of ether oxygens (including phenoxy) is 2. The zero-order valence-electron chi connectivity index (χ0n) is 9.02. The molecule has 6 nitrogen and oxygen atoms in total. The Bertz CT molecular complexity index is 524. The molecule has 1 aliphatic heterocycles. The van der Waals surface area contributed by atoms with Gasteiger partial charge >= 0.3 is 0 Å². The quantitative estimate of drug-likeness (QED) is 0.824. The Hall–Kier alpha value is -1.40. The SMILES string of the molecule is Clc1nc(OC2CCOCC2)c2[nH]cnc2n1. The molecule has 3 heterocycles. The molecule has 0 radical (unpaired) electrons. The molecule has 7 heteroatoms. The van der Waals surface area contributed by atoms with Crippen molar-refractivity contribution in [2.24, 2.45) is 0 Å². The lowest BCUT2D eigenvalue weighted by molar-refractivity contribution is 0.0243. The largest absolute Gasteiger partial charge is 0.473 e. The summed E-state index contributed by atoms with van der Waals surface area (Å²) >= 11 is 5.82. The summed E-state index contributed by atoms with van der Waals surface area (Å²) in [6, 6.07) is 0. The summed E-state index contributed by atoms with van der Waals surface area (Å²) in [6.07, 6.45) is 3.38. The van der Waals surface area contributed by atoms with E-state index in [4.69, 9.17) is 21.1 Å². The molecule has 0 spiro atoms. The number of hydrogen-bond acceptors (Lipinski definition) is 5. The number of halogens is 1. The van der Waals surface area contributed by atoms with Gasteiger partial charge in [0.15, 0.2) is 5.65 Å². The lowest BCUT2D eigenvalue weighted by atomic mass is 10.1. The van der Waals surface area contributed by atoms with Gasteiger partial charge in [-0.1, -0.05) is 0 Å². The Morgan fingerprint density at radius 3 is 3.00 bits per heavy atom. The van der Waals surface area contributed by atoms with Crippen LogP contribution in [0.5, 0.6) is 5.88 Å². The van der Waals surface area contributed by atoms with E-state index in [9.17, 15) is 0 Å². The molecule has 3 rings (SSSR count). The predicted octanol–water partition coefficient (Wildman–Crippen LogP) is 1.56. The van der Waals surface area contributed by atoms with Crippen molar-refractivity contribution in [2.45, 2.75) is 18.9 Å². The summed E-state index contributed by atoms with van der Waals surface area (Å²) in [5.74, 6) is 0.462. The first-order chi connectivity index (χ1) is 8.33. The average Bonchev–Trinajstić information content (AvgIpc) is 2.78. The monoisotopic (exact) mass is 254 g/mol. The van der Waals surface area contributed by atoms with E-state index in [-0.39, 0.29) is 11.4 Å². The van der Waals surface area contributed by atoms with Gasteiger partial charge in [0.25, 0.3) is 0 Å². The molecule has 0 amide bonds. The van der Waals surface area contributed by atoms with Crippen LogP contribution >= 0.6 is 11.6 Å². The topological polar surface area (TPSA) is 72.9 Å². The van der Waals surface area contributed by atoms with Crippen molar-refractivity contribution >= 4 is 22.8 Å². The smallest absolute Gasteiger partial charge is 0.244 e. The van der Waals surface area contributed by atoms with Gasteiger partial charge in [0.2, 0.25) is 11.2 Å². The van der Waals surface area contributed by atoms with Crippen molar-refractivity contribution in [3.05, 3.63) is 11.6 Å². The minimum atomic E-state index is 0.112. The molecule has 1 aliphatic rings. The van der Waals surface area contributed by atoms with Crippen LogP contribution in [0.4, 0.5) is 0 Å². The van der Waals surface area contributed by atoms with Crippen LogP contribution in [0.2, 0.25) is 5.28 Å². The molecule has 0 unspecified atom stereocenters. The number of rotatable bonds is 2. The Morgan fingerprint density at radius 1 is 1.35 bits per heavy atom. The lowest BCUT2D eigenvalue weighted by Gasteiger charge is -2.22. The van der Waals surface area contributed by atoms with Crippen molar-refractivity contribution < 1.29 is 9.47 Å². The number of imidazole rings is 1. The van der Waals surface area contributed by atoms with Gasteiger partial charge in [-0.3, -0.25) is 0 Å². The van der Waals surface area contributed by atoms with E-state index in [2.05, 4.69) is 19.9 Å². The number of nitrogens with one attached hydrogen (secondary N) is 1. The van der Waals surface area contributed by atoms with Gasteiger partial charge in [-0.05, 0) is 11.6 Å². The van der Waals surface area contributed by atoms with E-state index in [0.717, 1.165) is 26.1 Å². The van der Waals surface area contributed by atoms with Crippen LogP contribution < -0.4 is 4.74 Å². The minimum absolute atomic E-state index is 0.112. The molecule has 1 saturated heterocycles. The summed E-state index contributed by atoms with van der Waals surface area (Å²) in [5.41, 5.74) is 1.20. The summed E-state index contributed by atoms with van der Waals surface area (Å²) in [6.45, 7) is 1.44. The molecule has 0 aliphatic carbocycles. The number of H-pyrrole nitrogens is 1. The summed E-state index contributed by atoms with van der Waals surface area (Å²) in [5, 5.41) is 0.145. The Morgan fingerprint density at radius 2 is 2.18 bits per heavy atom. The van der Waals surface area contributed by atoms with Gasteiger partial charge in [-0.25, -0.2) is 4.98 Å². The van der Waals surface area contributed by atoms with Gasteiger partial charge < -0.3 is 14.5 Å². The molecule has 17 heavy (non-hydrogen) atoms. The maximum Gasteiger partial charge on any atom is 0.244 e. The molecule has 2 aromatic heterocycles. The molecule has 0 aromatic carbocycles. The van der Waals surface area contributed by atoms with Crippen molar-refractivity contribution in [1.82, 2.24) is 19.9 Å². The van der Waals surface area contributed by atoms with Gasteiger partial charge in [-0.2, -0.15) is 9.97 Å². The maximum atomic E-state index is 5.82. The van der Waals surface area contributed by atoms with Crippen molar-refractivity contribution in [2.75, 3.05) is 13.2 Å². The molecule has 0 atom stereocenters. The second kappa shape index (κ2) is 4.46. The second-order valence-electron chi connectivity index (χ2n) is 3.83. The fraction of sp³-hybridized carbons (Fsp3) is 0.500. The van der Waals surface area contributed by atoms with Crippen LogP contribution in [-0.4, -0.2) is 39.3 Å². The van der Waals surface area contributed by atoms with Crippen LogP contribution in [0.1, 0.15) is 12.8 Å². The Kier molecular flexibility index (Phi) is 2.82. The third-order valence-electron chi connectivity index (χ3n) is 2.67. The van der Waals surface area contributed by atoms with Crippen LogP contribution in [0, 0.1) is 0 Å². The summed E-state index contributed by atoms with van der Waals surface area (Å²) in [7, 11) is 0. The zero-order valence-corrected chi connectivity index (χ0v) is 9.78. The van der Waals surface area contributed by atoms with Crippen molar-refractivity contribution in [3.63, 3.8) is 0 Å². The van der Waals surface area contributed by atoms with Gasteiger partial charge in [0.1, 0.15) is 11.6 Å². The standard InChI is InChI=1S/C10H11ClN4O2/c11-10-14-8-7(12-5-13-8)9(15-10)17-6-1-3-16-4-2-6/h5-6H,1-4H2,(H,12,13,14,15). The van der Waals surface area contributed by atoms with Crippen LogP contribution in [0.3, 0.4) is 0 Å². The first kappa shape index (κ1) is 10.7. The highest BCUT2D eigenvalue weighted by Crippen LogP contribution is 2.23. The van der Waals surface area contributed by atoms with E-state index in [1.54, 1.807) is 6.33 Å². The number of nitrogens with zero attached hydrogens (tertiary/aromatic N) is 3. The molecule has 90 valence electrons. The molecule has 0 saturated carbocycles. The molecule has 1 fully saturated rings. The lowest BCUT2D eigenvalue weighted by Crippen LogP contribution is -2.26. The molecule has 2 aromatic rings. The number of aromatic nitrogens is 4. The summed E-state index contributed by atoms with van der Waals surface area (Å²) in [4.78, 5) is 15.1. The number of hydrogen-bond donors (Lipinski definition) is 1. The predicted molar refractivity (Wildman–Crippen MR) is 61.2 cm³/mol. The fourth-order valence-corrected chi connectivity index (χ4v) is 1.98. The highest BCUT2D eigenvalue weighted by Gasteiger charge is 2.18. The minimum Gasteiger partial charge on any atom is -0.473 e. The Balaban J connectivity index is 1.90. The van der Waals surface area contributed by atoms with Gasteiger partial charge in [-0.15, -0.1) is 0 Å². The van der Waals surface area contributed by atoms with Gasteiger partial charge in [0.05, 0.1) is 19.5 Å². The third kappa shape index (κ3) is 2.18. The van der Waals surface area contributed by atoms with E-state index < -0.39 is 0 Å². The average molecular weight is 255 g/mol. The highest BCUT2D eigenvalue weighted by atomic mass is 35.5. The van der Waals surface area contributed by atoms with Crippen LogP contribution in [-0.2, 0) is 4.74 Å². The maximum absolute atomic E-state index is 5.82. The van der Waals surface area contributed by atoms with Crippen LogP contribution in [0.15, 0.2) is 6.33 Å². The zero-order chi connectivity index (χ0) is 11.7. The highest BCUT2D eigenvalue weighted by molar-refractivity contribution is 6.28. The fourth-order valence-electron chi connectivity index (χ4n) is 1.82. The van der Waals surface area contributed by atoms with Crippen LogP contribution in [0.25, 0.3) is 11.2 Å². The second-order valence-corrected chi connectivity index (χ2v) is 4.17. The van der Waals surface area contributed by atoms with E-state index in [1.165, 1.54) is 0 Å². The Labute approximate surface area is 102 Å². The number of aromatic amines is 1. The van der Waals surface area contributed by atoms with Gasteiger partial charge in [0, 0.05) is 12.8 Å². The molecule has 0 bridgehead atoms. The molecular weight excluding hydrogens is 244 g/mol. The summed E-state index contributed by atoms with van der Waals surface area (Å²) < 4.78 is 11.1. The van der Waals surface area contributed by atoms with Crippen molar-refractivity contribution in [3.8, 4) is 5.88 Å². The van der Waals surface area contributed by atoms with E-state index in [0.29, 0.717) is 17.0 Å². The molecular formula is C10H11ClN4O2.